The normalized spacial score (nSPS) is 10.3. The number of carbonyl (C=O) groups is 1. The third-order valence-electron chi connectivity index (χ3n) is 3.28. The van der Waals surface area contributed by atoms with Gasteiger partial charge >= 0.3 is 0 Å². The van der Waals surface area contributed by atoms with Gasteiger partial charge in [-0.3, -0.25) is 4.79 Å². The molecular formula is C17H20N2O. The predicted octanol–water partition coefficient (Wildman–Crippen LogP) is 3.46. The van der Waals surface area contributed by atoms with Gasteiger partial charge in [0, 0.05) is 17.8 Å². The number of rotatable bonds is 4. The van der Waals surface area contributed by atoms with Crippen LogP contribution in [0.2, 0.25) is 0 Å². The zero-order chi connectivity index (χ0) is 14.5. The number of benzene rings is 2. The van der Waals surface area contributed by atoms with Crippen molar-refractivity contribution in [1.29, 1.82) is 0 Å². The van der Waals surface area contributed by atoms with Gasteiger partial charge in [-0.05, 0) is 49.6 Å². The molecule has 3 N–H and O–H groups in total. The lowest BCUT2D eigenvalue weighted by atomic mass is 10.1. The number of hydrogen-bond acceptors (Lipinski definition) is 2. The molecule has 0 unspecified atom stereocenters. The van der Waals surface area contributed by atoms with Crippen LogP contribution in [0.1, 0.15) is 23.1 Å². The van der Waals surface area contributed by atoms with E-state index in [1.165, 1.54) is 5.56 Å². The number of nitrogens with one attached hydrogen (secondary N) is 1. The molecule has 0 aliphatic carbocycles. The summed E-state index contributed by atoms with van der Waals surface area (Å²) in [5, 5.41) is 2.96. The van der Waals surface area contributed by atoms with E-state index in [0.29, 0.717) is 6.42 Å². The highest BCUT2D eigenvalue weighted by atomic mass is 16.1. The first-order chi connectivity index (χ1) is 9.54. The first kappa shape index (κ1) is 14.1. The fraction of sp³-hybridized carbons (Fsp3) is 0.235. The molecule has 0 bridgehead atoms. The minimum absolute atomic E-state index is 0.0359. The number of nitrogens with two attached hydrogens (primary N) is 1. The first-order valence-electron chi connectivity index (χ1n) is 6.76. The van der Waals surface area contributed by atoms with E-state index in [4.69, 9.17) is 5.73 Å². The third kappa shape index (κ3) is 3.85. The van der Waals surface area contributed by atoms with Gasteiger partial charge in [-0.2, -0.15) is 0 Å². The van der Waals surface area contributed by atoms with Crippen LogP contribution in [0.25, 0.3) is 0 Å². The quantitative estimate of drug-likeness (QED) is 0.834. The third-order valence-corrected chi connectivity index (χ3v) is 3.28. The molecule has 3 heteroatoms. The van der Waals surface area contributed by atoms with Gasteiger partial charge in [0.2, 0.25) is 5.91 Å². The van der Waals surface area contributed by atoms with Crippen LogP contribution in [-0.2, 0) is 11.2 Å². The molecule has 0 saturated carbocycles. The summed E-state index contributed by atoms with van der Waals surface area (Å²) < 4.78 is 0. The molecule has 20 heavy (non-hydrogen) atoms. The van der Waals surface area contributed by atoms with Gasteiger partial charge in [0.05, 0.1) is 0 Å². The first-order valence-corrected chi connectivity index (χ1v) is 6.76. The second kappa shape index (κ2) is 6.24. The Morgan fingerprint density at radius 1 is 1.10 bits per heavy atom. The van der Waals surface area contributed by atoms with Gasteiger partial charge in [-0.1, -0.05) is 29.8 Å². The smallest absolute Gasteiger partial charge is 0.224 e. The topological polar surface area (TPSA) is 55.1 Å². The molecule has 104 valence electrons. The largest absolute Gasteiger partial charge is 0.399 e. The predicted molar refractivity (Wildman–Crippen MR) is 83.7 cm³/mol. The van der Waals surface area contributed by atoms with Crippen molar-refractivity contribution in [3.8, 4) is 0 Å². The van der Waals surface area contributed by atoms with Crippen LogP contribution < -0.4 is 11.1 Å². The molecule has 0 aromatic heterocycles. The Morgan fingerprint density at radius 3 is 2.45 bits per heavy atom. The van der Waals surface area contributed by atoms with Crippen molar-refractivity contribution in [3.05, 3.63) is 59.2 Å². The maximum atomic E-state index is 12.0. The van der Waals surface area contributed by atoms with Crippen LogP contribution in [0.4, 0.5) is 11.4 Å². The minimum Gasteiger partial charge on any atom is -0.399 e. The van der Waals surface area contributed by atoms with Gasteiger partial charge in [0.1, 0.15) is 0 Å². The minimum atomic E-state index is 0.0359. The van der Waals surface area contributed by atoms with Crippen molar-refractivity contribution in [2.24, 2.45) is 0 Å². The standard InChI is InChI=1S/C17H20N2O/c1-12-3-9-16(13(2)11-12)19-17(20)10-6-14-4-7-15(18)8-5-14/h3-5,7-9,11H,6,10,18H2,1-2H3,(H,19,20). The molecule has 2 aromatic rings. The molecule has 0 fully saturated rings. The van der Waals surface area contributed by atoms with E-state index in [1.807, 2.05) is 50.2 Å². The van der Waals surface area contributed by atoms with E-state index >= 15 is 0 Å². The molecule has 0 radical (unpaired) electrons. The molecule has 2 rings (SSSR count). The lowest BCUT2D eigenvalue weighted by Gasteiger charge is -2.09. The van der Waals surface area contributed by atoms with E-state index < -0.39 is 0 Å². The van der Waals surface area contributed by atoms with Gasteiger partial charge in [0.15, 0.2) is 0 Å². The van der Waals surface area contributed by atoms with E-state index in [0.717, 1.165) is 28.9 Å². The number of carbonyl (C=O) groups excluding carboxylic acids is 1. The fourth-order valence-corrected chi connectivity index (χ4v) is 2.11. The molecule has 0 aliphatic heterocycles. The maximum absolute atomic E-state index is 12.0. The van der Waals surface area contributed by atoms with Crippen molar-refractivity contribution in [2.45, 2.75) is 26.7 Å². The Hall–Kier alpha value is -2.29. The van der Waals surface area contributed by atoms with Gasteiger partial charge in [0.25, 0.3) is 0 Å². The van der Waals surface area contributed by atoms with Crippen LogP contribution in [0.5, 0.6) is 0 Å². The van der Waals surface area contributed by atoms with Crippen molar-refractivity contribution in [3.63, 3.8) is 0 Å². The van der Waals surface area contributed by atoms with E-state index in [1.54, 1.807) is 0 Å². The van der Waals surface area contributed by atoms with Crippen LogP contribution in [0.3, 0.4) is 0 Å². The second-order valence-corrected chi connectivity index (χ2v) is 5.11. The molecule has 2 aromatic carbocycles. The van der Waals surface area contributed by atoms with Crippen molar-refractivity contribution >= 4 is 17.3 Å². The molecule has 0 spiro atoms. The molecule has 3 nitrogen and oxygen atoms in total. The number of anilines is 2. The highest BCUT2D eigenvalue weighted by Crippen LogP contribution is 2.16. The summed E-state index contributed by atoms with van der Waals surface area (Å²) in [4.78, 5) is 12.0. The van der Waals surface area contributed by atoms with Crippen LogP contribution in [0, 0.1) is 13.8 Å². The monoisotopic (exact) mass is 268 g/mol. The van der Waals surface area contributed by atoms with E-state index in [2.05, 4.69) is 11.4 Å². The summed E-state index contributed by atoms with van der Waals surface area (Å²) in [7, 11) is 0. The lowest BCUT2D eigenvalue weighted by molar-refractivity contribution is -0.116. The van der Waals surface area contributed by atoms with Crippen LogP contribution >= 0.6 is 0 Å². The Kier molecular flexibility index (Phi) is 4.41. The summed E-state index contributed by atoms with van der Waals surface area (Å²) >= 11 is 0. The van der Waals surface area contributed by atoms with Crippen LogP contribution in [-0.4, -0.2) is 5.91 Å². The Labute approximate surface area is 119 Å². The maximum Gasteiger partial charge on any atom is 0.224 e. The highest BCUT2D eigenvalue weighted by molar-refractivity contribution is 5.91. The summed E-state index contributed by atoms with van der Waals surface area (Å²) in [5.41, 5.74) is 10.7. The molecule has 0 aliphatic rings. The summed E-state index contributed by atoms with van der Waals surface area (Å²) in [5.74, 6) is 0.0359. The molecule has 0 saturated heterocycles. The average molecular weight is 268 g/mol. The number of amides is 1. The van der Waals surface area contributed by atoms with E-state index in [9.17, 15) is 4.79 Å². The van der Waals surface area contributed by atoms with E-state index in [-0.39, 0.29) is 5.91 Å². The SMILES string of the molecule is Cc1ccc(NC(=O)CCc2ccc(N)cc2)c(C)c1. The Morgan fingerprint density at radius 2 is 1.80 bits per heavy atom. The fourth-order valence-electron chi connectivity index (χ4n) is 2.11. The lowest BCUT2D eigenvalue weighted by Crippen LogP contribution is -2.13. The molecule has 1 amide bonds. The van der Waals surface area contributed by atoms with Crippen molar-refractivity contribution < 1.29 is 4.79 Å². The molecular weight excluding hydrogens is 248 g/mol. The van der Waals surface area contributed by atoms with Crippen molar-refractivity contribution in [2.75, 3.05) is 11.1 Å². The summed E-state index contributed by atoms with van der Waals surface area (Å²) in [6.07, 6.45) is 1.19. The highest BCUT2D eigenvalue weighted by Gasteiger charge is 2.05. The van der Waals surface area contributed by atoms with Crippen molar-refractivity contribution in [1.82, 2.24) is 0 Å². The Bertz CT molecular complexity index is 603. The average Bonchev–Trinajstić information content (AvgIpc) is 2.41. The number of hydrogen-bond donors (Lipinski definition) is 2. The Balaban J connectivity index is 1.90. The van der Waals surface area contributed by atoms with Gasteiger partial charge in [-0.15, -0.1) is 0 Å². The number of nitrogen functional groups attached to an aromatic ring is 1. The summed E-state index contributed by atoms with van der Waals surface area (Å²) in [6.45, 7) is 4.04. The zero-order valence-electron chi connectivity index (χ0n) is 11.9. The zero-order valence-corrected chi connectivity index (χ0v) is 11.9. The van der Waals surface area contributed by atoms with Gasteiger partial charge < -0.3 is 11.1 Å². The number of aryl methyl sites for hydroxylation is 3. The molecule has 0 atom stereocenters. The summed E-state index contributed by atoms with van der Waals surface area (Å²) in [6, 6.07) is 13.7. The van der Waals surface area contributed by atoms with Crippen LogP contribution in [0.15, 0.2) is 42.5 Å². The van der Waals surface area contributed by atoms with Gasteiger partial charge in [-0.25, -0.2) is 0 Å². The second-order valence-electron chi connectivity index (χ2n) is 5.11. The molecule has 0 heterocycles.